The topological polar surface area (TPSA) is 55.2 Å². The van der Waals surface area contributed by atoms with Gasteiger partial charge in [0.25, 0.3) is 5.69 Å². The van der Waals surface area contributed by atoms with E-state index in [0.29, 0.717) is 0 Å². The third-order valence-corrected chi connectivity index (χ3v) is 4.12. The normalized spacial score (nSPS) is 24.3. The second kappa shape index (κ2) is 6.15. The van der Waals surface area contributed by atoms with Gasteiger partial charge >= 0.3 is 0 Å². The standard InChI is InChI=1S/C15H22N2O2/c1-11-3-4-13(9-11)10-16-12(2)14-5-7-15(8-6-14)17(18)19/h5-8,11-13,16H,3-4,9-10H2,1-2H3. The van der Waals surface area contributed by atoms with E-state index in [-0.39, 0.29) is 16.7 Å². The fraction of sp³-hybridized carbons (Fsp3) is 0.600. The Kier molecular flexibility index (Phi) is 4.53. The Morgan fingerprint density at radius 3 is 2.58 bits per heavy atom. The molecule has 0 heterocycles. The molecule has 0 spiro atoms. The van der Waals surface area contributed by atoms with Crippen LogP contribution in [0.4, 0.5) is 5.69 Å². The van der Waals surface area contributed by atoms with Gasteiger partial charge in [-0.2, -0.15) is 0 Å². The van der Waals surface area contributed by atoms with Gasteiger partial charge < -0.3 is 5.32 Å². The number of benzene rings is 1. The van der Waals surface area contributed by atoms with Crippen LogP contribution in [0.2, 0.25) is 0 Å². The van der Waals surface area contributed by atoms with Gasteiger partial charge in [-0.1, -0.05) is 25.5 Å². The van der Waals surface area contributed by atoms with Crippen molar-refractivity contribution in [3.05, 3.63) is 39.9 Å². The first-order valence-electron chi connectivity index (χ1n) is 7.04. The lowest BCUT2D eigenvalue weighted by Gasteiger charge is -2.17. The van der Waals surface area contributed by atoms with Crippen LogP contribution in [0.25, 0.3) is 0 Å². The van der Waals surface area contributed by atoms with E-state index in [1.54, 1.807) is 12.1 Å². The van der Waals surface area contributed by atoms with E-state index in [2.05, 4.69) is 19.2 Å². The molecule has 2 rings (SSSR count). The van der Waals surface area contributed by atoms with Gasteiger partial charge in [0.2, 0.25) is 0 Å². The van der Waals surface area contributed by atoms with E-state index < -0.39 is 0 Å². The molecule has 3 atom stereocenters. The maximum atomic E-state index is 10.6. The van der Waals surface area contributed by atoms with Crippen molar-refractivity contribution in [3.63, 3.8) is 0 Å². The minimum atomic E-state index is -0.359. The molecule has 104 valence electrons. The van der Waals surface area contributed by atoms with Crippen molar-refractivity contribution in [3.8, 4) is 0 Å². The Morgan fingerprint density at radius 1 is 1.37 bits per heavy atom. The smallest absolute Gasteiger partial charge is 0.269 e. The largest absolute Gasteiger partial charge is 0.310 e. The summed E-state index contributed by atoms with van der Waals surface area (Å²) in [6, 6.07) is 7.08. The summed E-state index contributed by atoms with van der Waals surface area (Å²) >= 11 is 0. The average Bonchev–Trinajstić information content (AvgIpc) is 2.82. The molecular weight excluding hydrogens is 240 g/mol. The minimum absolute atomic E-state index is 0.153. The lowest BCUT2D eigenvalue weighted by molar-refractivity contribution is -0.384. The van der Waals surface area contributed by atoms with Gasteiger partial charge in [0.05, 0.1) is 4.92 Å². The Balaban J connectivity index is 1.85. The second-order valence-corrected chi connectivity index (χ2v) is 5.76. The molecule has 4 heteroatoms. The summed E-state index contributed by atoms with van der Waals surface area (Å²) < 4.78 is 0. The van der Waals surface area contributed by atoms with Crippen LogP contribution in [0.15, 0.2) is 24.3 Å². The number of nitrogens with zero attached hydrogens (tertiary/aromatic N) is 1. The first-order valence-corrected chi connectivity index (χ1v) is 7.04. The molecular formula is C15H22N2O2. The maximum Gasteiger partial charge on any atom is 0.269 e. The van der Waals surface area contributed by atoms with Crippen molar-refractivity contribution >= 4 is 5.69 Å². The first-order chi connectivity index (χ1) is 9.06. The second-order valence-electron chi connectivity index (χ2n) is 5.76. The van der Waals surface area contributed by atoms with Crippen LogP contribution >= 0.6 is 0 Å². The maximum absolute atomic E-state index is 10.6. The molecule has 1 aromatic carbocycles. The highest BCUT2D eigenvalue weighted by molar-refractivity contribution is 5.34. The zero-order chi connectivity index (χ0) is 13.8. The number of nitro benzene ring substituents is 1. The Hall–Kier alpha value is -1.42. The lowest BCUT2D eigenvalue weighted by Crippen LogP contribution is -2.24. The summed E-state index contributed by atoms with van der Waals surface area (Å²) in [5.41, 5.74) is 1.26. The number of nitrogens with one attached hydrogen (secondary N) is 1. The van der Waals surface area contributed by atoms with Crippen molar-refractivity contribution < 1.29 is 4.92 Å². The van der Waals surface area contributed by atoms with E-state index in [1.165, 1.54) is 19.3 Å². The van der Waals surface area contributed by atoms with Gasteiger partial charge in [-0.15, -0.1) is 0 Å². The first kappa shape index (κ1) is 14.0. The van der Waals surface area contributed by atoms with Crippen LogP contribution in [-0.2, 0) is 0 Å². The van der Waals surface area contributed by atoms with Crippen LogP contribution in [0.3, 0.4) is 0 Å². The van der Waals surface area contributed by atoms with Crippen molar-refractivity contribution in [2.24, 2.45) is 11.8 Å². The SMILES string of the molecule is CC1CCC(CNC(C)c2ccc([N+](=O)[O-])cc2)C1. The van der Waals surface area contributed by atoms with Crippen molar-refractivity contribution in [2.45, 2.75) is 39.2 Å². The predicted molar refractivity (Wildman–Crippen MR) is 76.0 cm³/mol. The van der Waals surface area contributed by atoms with Crippen molar-refractivity contribution in [1.29, 1.82) is 0 Å². The highest BCUT2D eigenvalue weighted by atomic mass is 16.6. The zero-order valence-electron chi connectivity index (χ0n) is 11.6. The van der Waals surface area contributed by atoms with E-state index in [1.807, 2.05) is 12.1 Å². The zero-order valence-corrected chi connectivity index (χ0v) is 11.6. The molecule has 3 unspecified atom stereocenters. The Labute approximate surface area is 114 Å². The highest BCUT2D eigenvalue weighted by Crippen LogP contribution is 2.30. The van der Waals surface area contributed by atoms with Crippen LogP contribution in [0.5, 0.6) is 0 Å². The molecule has 4 nitrogen and oxygen atoms in total. The molecule has 1 saturated carbocycles. The molecule has 1 aliphatic rings. The third-order valence-electron chi connectivity index (χ3n) is 4.12. The van der Waals surface area contributed by atoms with Crippen LogP contribution in [0, 0.1) is 22.0 Å². The molecule has 0 aromatic heterocycles. The van der Waals surface area contributed by atoms with E-state index in [4.69, 9.17) is 0 Å². The molecule has 1 aromatic rings. The summed E-state index contributed by atoms with van der Waals surface area (Å²) in [6.07, 6.45) is 3.99. The van der Waals surface area contributed by atoms with E-state index in [9.17, 15) is 10.1 Å². The fourth-order valence-electron chi connectivity index (χ4n) is 2.86. The number of rotatable bonds is 5. The Morgan fingerprint density at radius 2 is 2.05 bits per heavy atom. The van der Waals surface area contributed by atoms with Gasteiger partial charge in [0.15, 0.2) is 0 Å². The number of nitro groups is 1. The van der Waals surface area contributed by atoms with Crippen molar-refractivity contribution in [2.75, 3.05) is 6.54 Å². The van der Waals surface area contributed by atoms with Crippen LogP contribution < -0.4 is 5.32 Å². The number of hydrogen-bond donors (Lipinski definition) is 1. The van der Waals surface area contributed by atoms with E-state index >= 15 is 0 Å². The Bertz CT molecular complexity index is 430. The van der Waals surface area contributed by atoms with Gasteiger partial charge in [-0.25, -0.2) is 0 Å². The third kappa shape index (κ3) is 3.77. The summed E-state index contributed by atoms with van der Waals surface area (Å²) in [5.74, 6) is 1.65. The number of non-ortho nitro benzene ring substituents is 1. The molecule has 1 fully saturated rings. The molecule has 1 N–H and O–H groups in total. The van der Waals surface area contributed by atoms with Crippen molar-refractivity contribution in [1.82, 2.24) is 5.32 Å². The molecule has 0 radical (unpaired) electrons. The monoisotopic (exact) mass is 262 g/mol. The quantitative estimate of drug-likeness (QED) is 0.650. The highest BCUT2D eigenvalue weighted by Gasteiger charge is 2.21. The van der Waals surface area contributed by atoms with Crippen LogP contribution in [0.1, 0.15) is 44.7 Å². The lowest BCUT2D eigenvalue weighted by atomic mass is 10.0. The predicted octanol–water partition coefficient (Wildman–Crippen LogP) is 3.68. The van der Waals surface area contributed by atoms with Gasteiger partial charge in [-0.05, 0) is 43.7 Å². The number of hydrogen-bond acceptors (Lipinski definition) is 3. The van der Waals surface area contributed by atoms with Gasteiger partial charge in [0.1, 0.15) is 0 Å². The molecule has 0 saturated heterocycles. The van der Waals surface area contributed by atoms with E-state index in [0.717, 1.165) is 23.9 Å². The minimum Gasteiger partial charge on any atom is -0.310 e. The summed E-state index contributed by atoms with van der Waals surface area (Å²) in [5, 5.41) is 14.1. The molecule has 0 amide bonds. The molecule has 0 bridgehead atoms. The summed E-state index contributed by atoms with van der Waals surface area (Å²) in [7, 11) is 0. The molecule has 1 aliphatic carbocycles. The summed E-state index contributed by atoms with van der Waals surface area (Å²) in [4.78, 5) is 10.2. The molecule has 0 aliphatic heterocycles. The molecule has 19 heavy (non-hydrogen) atoms. The fourth-order valence-corrected chi connectivity index (χ4v) is 2.86. The van der Waals surface area contributed by atoms with Crippen LogP contribution in [-0.4, -0.2) is 11.5 Å². The van der Waals surface area contributed by atoms with Gasteiger partial charge in [-0.3, -0.25) is 10.1 Å². The summed E-state index contributed by atoms with van der Waals surface area (Å²) in [6.45, 7) is 5.47. The van der Waals surface area contributed by atoms with Gasteiger partial charge in [0, 0.05) is 18.2 Å². The average molecular weight is 262 g/mol.